The third kappa shape index (κ3) is 3.63. The van der Waals surface area contributed by atoms with E-state index in [1.54, 1.807) is 0 Å². The molecule has 2 unspecified atom stereocenters. The monoisotopic (exact) mass is 231 g/mol. The van der Waals surface area contributed by atoms with Crippen molar-refractivity contribution in [1.29, 1.82) is 0 Å². The van der Waals surface area contributed by atoms with E-state index in [0.717, 1.165) is 26.2 Å². The Morgan fingerprint density at radius 2 is 2.27 bits per heavy atom. The molecular formula is C11H21NO2S. The van der Waals surface area contributed by atoms with Crippen LogP contribution in [0.1, 0.15) is 12.8 Å². The molecule has 0 aromatic heterocycles. The van der Waals surface area contributed by atoms with Crippen molar-refractivity contribution >= 4 is 11.8 Å². The normalized spacial score (nSPS) is 35.0. The summed E-state index contributed by atoms with van der Waals surface area (Å²) in [6, 6.07) is 0. The Balaban J connectivity index is 1.78. The van der Waals surface area contributed by atoms with E-state index in [2.05, 4.69) is 4.90 Å². The zero-order valence-electron chi connectivity index (χ0n) is 9.23. The van der Waals surface area contributed by atoms with Gasteiger partial charge >= 0.3 is 0 Å². The Bertz CT molecular complexity index is 183. The number of hydrogen-bond donors (Lipinski definition) is 1. The van der Waals surface area contributed by atoms with Gasteiger partial charge in [0, 0.05) is 31.4 Å². The molecule has 0 amide bonds. The smallest absolute Gasteiger partial charge is 0.0624 e. The molecule has 2 saturated heterocycles. The second-order valence-corrected chi connectivity index (χ2v) is 5.68. The highest BCUT2D eigenvalue weighted by molar-refractivity contribution is 7.99. The molecule has 2 rings (SSSR count). The number of ether oxygens (including phenoxy) is 1. The van der Waals surface area contributed by atoms with Gasteiger partial charge in [0.15, 0.2) is 0 Å². The fraction of sp³-hybridized carbons (Fsp3) is 1.00. The zero-order chi connectivity index (χ0) is 10.5. The minimum Gasteiger partial charge on any atom is -0.393 e. The standard InChI is InChI=1S/C11H21NO2S/c13-11-2-5-14-9-10(11)8-12-3-1-6-15-7-4-12/h10-11,13H,1-9H2. The molecule has 4 heteroatoms. The topological polar surface area (TPSA) is 32.7 Å². The highest BCUT2D eigenvalue weighted by atomic mass is 32.2. The number of thioether (sulfide) groups is 1. The van der Waals surface area contributed by atoms with Gasteiger partial charge in [0.2, 0.25) is 0 Å². The van der Waals surface area contributed by atoms with Crippen LogP contribution in [0.15, 0.2) is 0 Å². The SMILES string of the molecule is OC1CCOCC1CN1CCCSCC1. The molecule has 0 saturated carbocycles. The van der Waals surface area contributed by atoms with Gasteiger partial charge in [-0.05, 0) is 25.1 Å². The van der Waals surface area contributed by atoms with Crippen molar-refractivity contribution in [2.24, 2.45) is 5.92 Å². The van der Waals surface area contributed by atoms with Crippen LogP contribution in [-0.4, -0.2) is 60.5 Å². The van der Waals surface area contributed by atoms with E-state index in [1.807, 2.05) is 11.8 Å². The van der Waals surface area contributed by atoms with E-state index in [0.29, 0.717) is 5.92 Å². The van der Waals surface area contributed by atoms with Crippen LogP contribution in [0.3, 0.4) is 0 Å². The van der Waals surface area contributed by atoms with E-state index in [4.69, 9.17) is 4.74 Å². The molecule has 88 valence electrons. The van der Waals surface area contributed by atoms with E-state index in [9.17, 15) is 5.11 Å². The molecule has 0 aromatic rings. The maximum Gasteiger partial charge on any atom is 0.0624 e. The molecular weight excluding hydrogens is 210 g/mol. The number of hydrogen-bond acceptors (Lipinski definition) is 4. The molecule has 0 aromatic carbocycles. The summed E-state index contributed by atoms with van der Waals surface area (Å²) >= 11 is 2.05. The fourth-order valence-corrected chi connectivity index (χ4v) is 3.20. The van der Waals surface area contributed by atoms with Crippen molar-refractivity contribution < 1.29 is 9.84 Å². The Hall–Kier alpha value is 0.230. The zero-order valence-corrected chi connectivity index (χ0v) is 10.0. The Morgan fingerprint density at radius 1 is 1.33 bits per heavy atom. The predicted octanol–water partition coefficient (Wildman–Crippen LogP) is 0.823. The molecule has 2 fully saturated rings. The first-order valence-electron chi connectivity index (χ1n) is 5.92. The highest BCUT2D eigenvalue weighted by Gasteiger charge is 2.25. The van der Waals surface area contributed by atoms with Gasteiger partial charge < -0.3 is 14.7 Å². The van der Waals surface area contributed by atoms with Gasteiger partial charge in [0.1, 0.15) is 0 Å². The van der Waals surface area contributed by atoms with Gasteiger partial charge in [-0.25, -0.2) is 0 Å². The van der Waals surface area contributed by atoms with Crippen molar-refractivity contribution in [1.82, 2.24) is 4.90 Å². The average molecular weight is 231 g/mol. The lowest BCUT2D eigenvalue weighted by molar-refractivity contribution is -0.0459. The second-order valence-electron chi connectivity index (χ2n) is 4.46. The van der Waals surface area contributed by atoms with Crippen LogP contribution in [0.2, 0.25) is 0 Å². The summed E-state index contributed by atoms with van der Waals surface area (Å²) in [5.41, 5.74) is 0. The molecule has 15 heavy (non-hydrogen) atoms. The van der Waals surface area contributed by atoms with Crippen LogP contribution in [0, 0.1) is 5.92 Å². The average Bonchev–Trinajstić information content (AvgIpc) is 2.50. The largest absolute Gasteiger partial charge is 0.393 e. The Morgan fingerprint density at radius 3 is 3.13 bits per heavy atom. The van der Waals surface area contributed by atoms with Gasteiger partial charge in [-0.1, -0.05) is 0 Å². The Kier molecular flexibility index (Phi) is 4.75. The van der Waals surface area contributed by atoms with Crippen molar-refractivity contribution in [2.75, 3.05) is 44.4 Å². The number of aliphatic hydroxyl groups excluding tert-OH is 1. The lowest BCUT2D eigenvalue weighted by atomic mass is 9.98. The summed E-state index contributed by atoms with van der Waals surface area (Å²) in [6.45, 7) is 4.85. The minimum atomic E-state index is -0.144. The van der Waals surface area contributed by atoms with Crippen molar-refractivity contribution in [3.05, 3.63) is 0 Å². The van der Waals surface area contributed by atoms with E-state index < -0.39 is 0 Å². The van der Waals surface area contributed by atoms with Crippen LogP contribution in [-0.2, 0) is 4.74 Å². The van der Waals surface area contributed by atoms with E-state index >= 15 is 0 Å². The maximum absolute atomic E-state index is 9.86. The molecule has 2 heterocycles. The number of nitrogens with zero attached hydrogens (tertiary/aromatic N) is 1. The van der Waals surface area contributed by atoms with Crippen LogP contribution in [0.5, 0.6) is 0 Å². The predicted molar refractivity (Wildman–Crippen MR) is 63.3 cm³/mol. The Labute approximate surface area is 96.2 Å². The molecule has 0 aliphatic carbocycles. The molecule has 2 aliphatic rings. The first-order valence-corrected chi connectivity index (χ1v) is 7.07. The molecule has 1 N–H and O–H groups in total. The van der Waals surface area contributed by atoms with Gasteiger partial charge in [0.25, 0.3) is 0 Å². The third-order valence-electron chi connectivity index (χ3n) is 3.24. The van der Waals surface area contributed by atoms with Crippen LogP contribution < -0.4 is 0 Å². The summed E-state index contributed by atoms with van der Waals surface area (Å²) in [7, 11) is 0. The molecule has 0 spiro atoms. The van der Waals surface area contributed by atoms with Crippen LogP contribution in [0.4, 0.5) is 0 Å². The summed E-state index contributed by atoms with van der Waals surface area (Å²) in [4.78, 5) is 2.49. The minimum absolute atomic E-state index is 0.144. The van der Waals surface area contributed by atoms with Crippen LogP contribution >= 0.6 is 11.8 Å². The van der Waals surface area contributed by atoms with Gasteiger partial charge in [0.05, 0.1) is 12.7 Å². The molecule has 0 bridgehead atoms. The summed E-state index contributed by atoms with van der Waals surface area (Å²) in [6.07, 6.45) is 1.95. The molecule has 2 atom stereocenters. The van der Waals surface area contributed by atoms with Gasteiger partial charge in [-0.15, -0.1) is 0 Å². The van der Waals surface area contributed by atoms with Crippen LogP contribution in [0.25, 0.3) is 0 Å². The highest BCUT2D eigenvalue weighted by Crippen LogP contribution is 2.18. The number of rotatable bonds is 2. The first kappa shape index (κ1) is 11.7. The van der Waals surface area contributed by atoms with Gasteiger partial charge in [-0.3, -0.25) is 0 Å². The van der Waals surface area contributed by atoms with Crippen molar-refractivity contribution in [3.8, 4) is 0 Å². The second kappa shape index (κ2) is 6.09. The maximum atomic E-state index is 9.86. The molecule has 0 radical (unpaired) electrons. The lowest BCUT2D eigenvalue weighted by Crippen LogP contribution is -2.41. The van der Waals surface area contributed by atoms with Gasteiger partial charge in [-0.2, -0.15) is 11.8 Å². The molecule has 3 nitrogen and oxygen atoms in total. The lowest BCUT2D eigenvalue weighted by Gasteiger charge is -2.32. The summed E-state index contributed by atoms with van der Waals surface area (Å²) < 4.78 is 5.43. The third-order valence-corrected chi connectivity index (χ3v) is 4.29. The quantitative estimate of drug-likeness (QED) is 0.763. The number of aliphatic hydroxyl groups is 1. The molecule has 2 aliphatic heterocycles. The first-order chi connectivity index (χ1) is 7.36. The van der Waals surface area contributed by atoms with Crippen molar-refractivity contribution in [2.45, 2.75) is 18.9 Å². The van der Waals surface area contributed by atoms with E-state index in [1.165, 1.54) is 31.0 Å². The van der Waals surface area contributed by atoms with Crippen molar-refractivity contribution in [3.63, 3.8) is 0 Å². The summed E-state index contributed by atoms with van der Waals surface area (Å²) in [5.74, 6) is 2.87. The summed E-state index contributed by atoms with van der Waals surface area (Å²) in [5, 5.41) is 9.86. The van der Waals surface area contributed by atoms with E-state index in [-0.39, 0.29) is 6.10 Å². The fourth-order valence-electron chi connectivity index (χ4n) is 2.27.